The monoisotopic (exact) mass is 644 g/mol. The SMILES string of the molecule is COc1cc2c3cc1Oc1c(OC)c(OC)cc4c1[C@@H](Cc1cccc(c1)Oc1ccc(c(O)c1)C[C@@H]3N(C)CC2)N(C)CC4.Cl. The van der Waals surface area contributed by atoms with E-state index in [0.717, 1.165) is 60.4 Å². The van der Waals surface area contributed by atoms with E-state index in [9.17, 15) is 5.11 Å². The molecule has 0 aromatic heterocycles. The minimum absolute atomic E-state index is 0. The van der Waals surface area contributed by atoms with Crippen molar-refractivity contribution in [2.45, 2.75) is 37.8 Å². The second-order valence-corrected chi connectivity index (χ2v) is 12.3. The number of halogens is 1. The lowest BCUT2D eigenvalue weighted by atomic mass is 9.87. The van der Waals surface area contributed by atoms with Crippen LogP contribution in [0.3, 0.4) is 0 Å². The molecule has 0 aliphatic carbocycles. The van der Waals surface area contributed by atoms with Gasteiger partial charge in [-0.2, -0.15) is 0 Å². The van der Waals surface area contributed by atoms with Gasteiger partial charge in [0.05, 0.1) is 21.3 Å². The number of phenols is 1. The van der Waals surface area contributed by atoms with Crippen molar-refractivity contribution in [2.75, 3.05) is 48.5 Å². The molecule has 2 atom stereocenters. The smallest absolute Gasteiger partial charge is 0.204 e. The van der Waals surface area contributed by atoms with Crippen molar-refractivity contribution in [2.24, 2.45) is 0 Å². The second kappa shape index (κ2) is 12.9. The van der Waals surface area contributed by atoms with Gasteiger partial charge in [-0.25, -0.2) is 0 Å². The van der Waals surface area contributed by atoms with E-state index < -0.39 is 0 Å². The molecule has 0 saturated carbocycles. The summed E-state index contributed by atoms with van der Waals surface area (Å²) in [6.07, 6.45) is 3.10. The van der Waals surface area contributed by atoms with Gasteiger partial charge < -0.3 is 28.8 Å². The maximum absolute atomic E-state index is 11.1. The third-order valence-electron chi connectivity index (χ3n) is 9.64. The Balaban J connectivity index is 0.00000372. The quantitative estimate of drug-likeness (QED) is 0.250. The molecule has 46 heavy (non-hydrogen) atoms. The molecule has 0 spiro atoms. The molecule has 4 aromatic rings. The Bertz CT molecular complexity index is 1760. The van der Waals surface area contributed by atoms with Gasteiger partial charge in [0.2, 0.25) is 5.75 Å². The molecule has 4 aliphatic heterocycles. The zero-order valence-electron chi connectivity index (χ0n) is 27.0. The Morgan fingerprint density at radius 2 is 1.43 bits per heavy atom. The highest BCUT2D eigenvalue weighted by Gasteiger charge is 2.34. The van der Waals surface area contributed by atoms with Crippen LogP contribution in [0.4, 0.5) is 0 Å². The highest BCUT2D eigenvalue weighted by Crippen LogP contribution is 2.52. The summed E-state index contributed by atoms with van der Waals surface area (Å²) in [5.41, 5.74) is 6.61. The number of nitrogens with zero attached hydrogens (tertiary/aromatic N) is 2. The maximum Gasteiger partial charge on any atom is 0.204 e. The standard InChI is InChI=1S/C37H40N2O6.ClH/c1-38-13-11-23-18-32(41-3)33-21-28(23)29(38)17-24-9-10-27(20-31(24)40)44-26-8-6-7-22(15-26)16-30-35-25(12-14-39(30)2)19-34(42-4)36(43-5)37(35)45-33;/h6-10,15,18-21,29-30,40H,11-14,16-17H2,1-5H3;1H/t29-,30+;/m0./s1. The lowest BCUT2D eigenvalue weighted by Crippen LogP contribution is -2.34. The highest BCUT2D eigenvalue weighted by molar-refractivity contribution is 5.85. The van der Waals surface area contributed by atoms with Crippen molar-refractivity contribution >= 4 is 12.4 Å². The second-order valence-electron chi connectivity index (χ2n) is 12.3. The molecule has 0 saturated heterocycles. The number of fused-ring (bicyclic) bond motifs is 2. The summed E-state index contributed by atoms with van der Waals surface area (Å²) in [6.45, 7) is 1.79. The largest absolute Gasteiger partial charge is 0.508 e. The number of likely N-dealkylation sites (N-methyl/N-ethyl adjacent to an activating group) is 2. The van der Waals surface area contributed by atoms with E-state index >= 15 is 0 Å². The van der Waals surface area contributed by atoms with Crippen LogP contribution >= 0.6 is 12.4 Å². The van der Waals surface area contributed by atoms with Gasteiger partial charge >= 0.3 is 0 Å². The number of aromatic hydroxyl groups is 1. The van der Waals surface area contributed by atoms with Gasteiger partial charge in [0.1, 0.15) is 17.2 Å². The number of ether oxygens (including phenoxy) is 5. The molecule has 8 nitrogen and oxygen atoms in total. The lowest BCUT2D eigenvalue weighted by molar-refractivity contribution is 0.220. The van der Waals surface area contributed by atoms with Gasteiger partial charge in [0.15, 0.2) is 23.0 Å². The van der Waals surface area contributed by atoms with E-state index in [1.165, 1.54) is 11.1 Å². The van der Waals surface area contributed by atoms with E-state index in [4.69, 9.17) is 23.7 Å². The Kier molecular flexibility index (Phi) is 8.97. The first-order chi connectivity index (χ1) is 21.9. The van der Waals surface area contributed by atoms with Gasteiger partial charge in [0, 0.05) is 36.8 Å². The summed E-state index contributed by atoms with van der Waals surface area (Å²) in [5, 5.41) is 11.1. The summed E-state index contributed by atoms with van der Waals surface area (Å²) >= 11 is 0. The Morgan fingerprint density at radius 1 is 0.717 bits per heavy atom. The molecule has 0 unspecified atom stereocenters. The Hall–Kier alpha value is -4.11. The molecule has 4 aromatic carbocycles. The van der Waals surface area contributed by atoms with Crippen molar-refractivity contribution < 1.29 is 28.8 Å². The summed E-state index contributed by atoms with van der Waals surface area (Å²) in [5.74, 6) is 4.67. The zero-order valence-corrected chi connectivity index (χ0v) is 27.8. The van der Waals surface area contributed by atoms with E-state index in [1.807, 2.05) is 24.3 Å². The summed E-state index contributed by atoms with van der Waals surface area (Å²) in [7, 11) is 9.30. The van der Waals surface area contributed by atoms with Crippen LogP contribution in [0.5, 0.6) is 46.0 Å². The number of rotatable bonds is 3. The summed E-state index contributed by atoms with van der Waals surface area (Å²) < 4.78 is 31.1. The van der Waals surface area contributed by atoms with Crippen LogP contribution in [0, 0.1) is 0 Å². The van der Waals surface area contributed by atoms with Crippen LogP contribution in [0.1, 0.15) is 45.5 Å². The molecule has 1 N–H and O–H groups in total. The van der Waals surface area contributed by atoms with Crippen molar-refractivity contribution in [1.82, 2.24) is 9.80 Å². The zero-order chi connectivity index (χ0) is 31.2. The van der Waals surface area contributed by atoms with Gasteiger partial charge in [-0.1, -0.05) is 18.2 Å². The van der Waals surface area contributed by atoms with E-state index in [1.54, 1.807) is 27.4 Å². The Labute approximate surface area is 276 Å². The molecule has 4 aliphatic rings. The fraction of sp³-hybridized carbons (Fsp3) is 0.351. The van der Waals surface area contributed by atoms with Crippen LogP contribution in [0.2, 0.25) is 0 Å². The molecule has 0 fully saturated rings. The van der Waals surface area contributed by atoms with Crippen molar-refractivity contribution in [1.29, 1.82) is 0 Å². The molecule has 9 heteroatoms. The number of hydrogen-bond acceptors (Lipinski definition) is 8. The molecule has 0 amide bonds. The molecular weight excluding hydrogens is 604 g/mol. The van der Waals surface area contributed by atoms with Crippen LogP contribution in [-0.4, -0.2) is 63.4 Å². The average molecular weight is 645 g/mol. The maximum atomic E-state index is 11.1. The van der Waals surface area contributed by atoms with E-state index in [2.05, 4.69) is 54.2 Å². The molecule has 0 radical (unpaired) electrons. The van der Waals surface area contributed by atoms with Gasteiger partial charge in [-0.05, 0) is 104 Å². The third-order valence-corrected chi connectivity index (χ3v) is 9.64. The first kappa shape index (κ1) is 31.9. The lowest BCUT2D eigenvalue weighted by Gasteiger charge is -2.37. The van der Waals surface area contributed by atoms with Gasteiger partial charge in [-0.3, -0.25) is 9.80 Å². The van der Waals surface area contributed by atoms with Gasteiger partial charge in [-0.15, -0.1) is 12.4 Å². The number of phenolic OH excluding ortho intramolecular Hbond substituents is 1. The fourth-order valence-electron chi connectivity index (χ4n) is 7.16. The fourth-order valence-corrected chi connectivity index (χ4v) is 7.16. The summed E-state index contributed by atoms with van der Waals surface area (Å²) in [4.78, 5) is 4.71. The minimum Gasteiger partial charge on any atom is -0.508 e. The Morgan fingerprint density at radius 3 is 2.17 bits per heavy atom. The first-order valence-electron chi connectivity index (χ1n) is 15.5. The van der Waals surface area contributed by atoms with E-state index in [0.29, 0.717) is 40.9 Å². The molecule has 4 heterocycles. The van der Waals surface area contributed by atoms with Crippen molar-refractivity contribution in [3.8, 4) is 46.0 Å². The van der Waals surface area contributed by atoms with E-state index in [-0.39, 0.29) is 30.2 Å². The first-order valence-corrected chi connectivity index (χ1v) is 15.5. The normalized spacial score (nSPS) is 19.0. The predicted octanol–water partition coefficient (Wildman–Crippen LogP) is 7.28. The van der Waals surface area contributed by atoms with Gasteiger partial charge in [0.25, 0.3) is 0 Å². The minimum atomic E-state index is 0. The van der Waals surface area contributed by atoms with Crippen molar-refractivity contribution in [3.63, 3.8) is 0 Å². The van der Waals surface area contributed by atoms with Crippen molar-refractivity contribution in [3.05, 3.63) is 94.0 Å². The van der Waals surface area contributed by atoms with Crippen LogP contribution in [-0.2, 0) is 25.7 Å². The summed E-state index contributed by atoms with van der Waals surface area (Å²) in [6, 6.07) is 20.1. The molecule has 6 bridgehead atoms. The highest BCUT2D eigenvalue weighted by atomic mass is 35.5. The van der Waals surface area contributed by atoms with Crippen LogP contribution in [0.15, 0.2) is 60.7 Å². The molecular formula is C37H41ClN2O6. The number of benzene rings is 4. The van der Waals surface area contributed by atoms with Crippen LogP contribution < -0.4 is 23.7 Å². The average Bonchev–Trinajstić information content (AvgIpc) is 3.04. The third kappa shape index (κ3) is 5.70. The predicted molar refractivity (Wildman–Crippen MR) is 180 cm³/mol. The number of hydrogen-bond donors (Lipinski definition) is 1. The molecule has 242 valence electrons. The molecule has 8 rings (SSSR count). The van der Waals surface area contributed by atoms with Crippen LogP contribution in [0.25, 0.3) is 0 Å². The topological polar surface area (TPSA) is 72.9 Å². The number of methoxy groups -OCH3 is 3.